The summed E-state index contributed by atoms with van der Waals surface area (Å²) in [5.41, 5.74) is 1.13. The summed E-state index contributed by atoms with van der Waals surface area (Å²) in [6.07, 6.45) is 0.797. The molecule has 0 spiro atoms. The molecule has 122 valence electrons. The molecule has 2 rings (SSSR count). The number of thioether (sulfide) groups is 1. The monoisotopic (exact) mass is 322 g/mol. The summed E-state index contributed by atoms with van der Waals surface area (Å²) in [7, 11) is 1.89. The van der Waals surface area contributed by atoms with Crippen LogP contribution in [0.1, 0.15) is 19.4 Å². The van der Waals surface area contributed by atoms with E-state index in [1.54, 1.807) is 12.1 Å². The van der Waals surface area contributed by atoms with Gasteiger partial charge in [-0.1, -0.05) is 12.1 Å². The van der Waals surface area contributed by atoms with Gasteiger partial charge in [-0.15, -0.1) is 0 Å². The molecule has 1 aliphatic rings. The van der Waals surface area contributed by atoms with Crippen molar-refractivity contribution in [3.63, 3.8) is 0 Å². The van der Waals surface area contributed by atoms with E-state index < -0.39 is 0 Å². The van der Waals surface area contributed by atoms with Gasteiger partial charge in [0.05, 0.1) is 6.04 Å². The molecule has 1 amide bonds. The van der Waals surface area contributed by atoms with Gasteiger partial charge in [0, 0.05) is 37.7 Å². The molecule has 0 aromatic heterocycles. The van der Waals surface area contributed by atoms with Gasteiger partial charge in [0.25, 0.3) is 0 Å². The van der Waals surface area contributed by atoms with Gasteiger partial charge in [-0.2, -0.15) is 11.8 Å². The highest BCUT2D eigenvalue weighted by Crippen LogP contribution is 2.16. The van der Waals surface area contributed by atoms with Crippen LogP contribution in [-0.2, 0) is 11.2 Å². The molecule has 5 heteroatoms. The van der Waals surface area contributed by atoms with Gasteiger partial charge in [0.1, 0.15) is 5.75 Å². The second-order valence-electron chi connectivity index (χ2n) is 5.99. The number of nitrogens with zero attached hydrogens (tertiary/aromatic N) is 2. The van der Waals surface area contributed by atoms with Crippen molar-refractivity contribution in [3.8, 4) is 5.75 Å². The molecule has 1 saturated heterocycles. The van der Waals surface area contributed by atoms with E-state index in [1.807, 2.05) is 42.8 Å². The van der Waals surface area contributed by atoms with E-state index in [2.05, 4.69) is 11.8 Å². The molecule has 1 heterocycles. The third kappa shape index (κ3) is 4.40. The van der Waals surface area contributed by atoms with Crippen molar-refractivity contribution in [2.45, 2.75) is 32.4 Å². The normalized spacial score (nSPS) is 18.7. The van der Waals surface area contributed by atoms with Gasteiger partial charge in [-0.05, 0) is 38.0 Å². The van der Waals surface area contributed by atoms with Crippen molar-refractivity contribution in [1.82, 2.24) is 9.80 Å². The first-order chi connectivity index (χ1) is 10.5. The maximum Gasteiger partial charge on any atom is 0.239 e. The average Bonchev–Trinajstić information content (AvgIpc) is 2.55. The highest BCUT2D eigenvalue weighted by atomic mass is 32.2. The largest absolute Gasteiger partial charge is 0.508 e. The van der Waals surface area contributed by atoms with Crippen LogP contribution >= 0.6 is 11.8 Å². The van der Waals surface area contributed by atoms with Crippen molar-refractivity contribution in [2.75, 3.05) is 31.6 Å². The second kappa shape index (κ2) is 7.88. The molecule has 0 radical (unpaired) electrons. The maximum absolute atomic E-state index is 12.7. The number of hydrogen-bond donors (Lipinski definition) is 1. The summed E-state index contributed by atoms with van der Waals surface area (Å²) in [4.78, 5) is 16.8. The fraction of sp³-hybridized carbons (Fsp3) is 0.588. The third-order valence-electron chi connectivity index (χ3n) is 4.43. The van der Waals surface area contributed by atoms with Gasteiger partial charge < -0.3 is 10.0 Å². The zero-order valence-electron chi connectivity index (χ0n) is 13.7. The van der Waals surface area contributed by atoms with Crippen LogP contribution in [0.4, 0.5) is 0 Å². The van der Waals surface area contributed by atoms with Crippen molar-refractivity contribution in [2.24, 2.45) is 0 Å². The number of phenols is 1. The molecular weight excluding hydrogens is 296 g/mol. The van der Waals surface area contributed by atoms with E-state index in [9.17, 15) is 9.90 Å². The molecule has 2 atom stereocenters. The maximum atomic E-state index is 12.7. The van der Waals surface area contributed by atoms with Gasteiger partial charge >= 0.3 is 0 Å². The first kappa shape index (κ1) is 17.2. The summed E-state index contributed by atoms with van der Waals surface area (Å²) in [6.45, 7) is 6.08. The first-order valence-corrected chi connectivity index (χ1v) is 9.01. The minimum absolute atomic E-state index is 0.0480. The molecule has 1 aromatic carbocycles. The molecule has 0 aliphatic carbocycles. The van der Waals surface area contributed by atoms with Crippen molar-refractivity contribution in [3.05, 3.63) is 29.8 Å². The van der Waals surface area contributed by atoms with E-state index in [0.29, 0.717) is 0 Å². The fourth-order valence-corrected chi connectivity index (χ4v) is 3.67. The van der Waals surface area contributed by atoms with Crippen molar-refractivity contribution < 1.29 is 9.90 Å². The SMILES string of the molecule is CC(C(=O)N(C)C(C)Cc1ccc(O)cc1)N1CCSCC1. The summed E-state index contributed by atoms with van der Waals surface area (Å²) in [5, 5.41) is 9.33. The predicted molar refractivity (Wildman–Crippen MR) is 92.4 cm³/mol. The number of likely N-dealkylation sites (N-methyl/N-ethyl adjacent to an activating group) is 1. The van der Waals surface area contributed by atoms with Crippen LogP contribution in [0.25, 0.3) is 0 Å². The Morgan fingerprint density at radius 2 is 1.86 bits per heavy atom. The van der Waals surface area contributed by atoms with Crippen molar-refractivity contribution in [1.29, 1.82) is 0 Å². The standard InChI is InChI=1S/C17H26N2O2S/c1-13(12-15-4-6-16(20)7-5-15)18(3)17(21)14(2)19-8-10-22-11-9-19/h4-7,13-14,20H,8-12H2,1-3H3. The number of carbonyl (C=O) groups excluding carboxylic acids is 1. The fourth-order valence-electron chi connectivity index (χ4n) is 2.74. The number of amides is 1. The molecule has 4 nitrogen and oxygen atoms in total. The highest BCUT2D eigenvalue weighted by Gasteiger charge is 2.27. The molecule has 1 N–H and O–H groups in total. The smallest absolute Gasteiger partial charge is 0.239 e. The lowest BCUT2D eigenvalue weighted by Crippen LogP contribution is -2.51. The number of benzene rings is 1. The van der Waals surface area contributed by atoms with Gasteiger partial charge in [0.15, 0.2) is 0 Å². The molecule has 1 aromatic rings. The van der Waals surface area contributed by atoms with Crippen LogP contribution in [0.3, 0.4) is 0 Å². The molecule has 2 unspecified atom stereocenters. The lowest BCUT2D eigenvalue weighted by Gasteiger charge is -2.35. The average molecular weight is 322 g/mol. The number of rotatable bonds is 5. The predicted octanol–water partition coefficient (Wildman–Crippen LogP) is 2.22. The van der Waals surface area contributed by atoms with E-state index in [4.69, 9.17) is 0 Å². The number of carbonyl (C=O) groups is 1. The van der Waals surface area contributed by atoms with Crippen LogP contribution < -0.4 is 0 Å². The van der Waals surface area contributed by atoms with E-state index in [0.717, 1.165) is 36.6 Å². The summed E-state index contributed by atoms with van der Waals surface area (Å²) in [6, 6.07) is 7.30. The summed E-state index contributed by atoms with van der Waals surface area (Å²) >= 11 is 1.96. The number of hydrogen-bond acceptors (Lipinski definition) is 4. The highest BCUT2D eigenvalue weighted by molar-refractivity contribution is 7.99. The Balaban J connectivity index is 1.92. The quantitative estimate of drug-likeness (QED) is 0.903. The summed E-state index contributed by atoms with van der Waals surface area (Å²) < 4.78 is 0. The molecule has 22 heavy (non-hydrogen) atoms. The summed E-state index contributed by atoms with van der Waals surface area (Å²) in [5.74, 6) is 2.70. The van der Waals surface area contributed by atoms with Crippen LogP contribution in [0, 0.1) is 0 Å². The Hall–Kier alpha value is -1.20. The molecular formula is C17H26N2O2S. The van der Waals surface area contributed by atoms with E-state index in [1.165, 1.54) is 0 Å². The van der Waals surface area contributed by atoms with Crippen molar-refractivity contribution >= 4 is 17.7 Å². The lowest BCUT2D eigenvalue weighted by molar-refractivity contribution is -0.136. The number of aromatic hydroxyl groups is 1. The van der Waals surface area contributed by atoms with E-state index in [-0.39, 0.29) is 23.7 Å². The molecule has 0 saturated carbocycles. The molecule has 1 fully saturated rings. The van der Waals surface area contributed by atoms with Crippen LogP contribution in [0.2, 0.25) is 0 Å². The number of phenolic OH excluding ortho intramolecular Hbond substituents is 1. The minimum atomic E-state index is -0.0480. The topological polar surface area (TPSA) is 43.8 Å². The zero-order valence-corrected chi connectivity index (χ0v) is 14.5. The lowest BCUT2D eigenvalue weighted by atomic mass is 10.1. The van der Waals surface area contributed by atoms with Gasteiger partial charge in [-0.3, -0.25) is 9.69 Å². The molecule has 0 bridgehead atoms. The zero-order chi connectivity index (χ0) is 16.1. The Labute approximate surface area is 137 Å². The minimum Gasteiger partial charge on any atom is -0.508 e. The Morgan fingerprint density at radius 1 is 1.27 bits per heavy atom. The Kier molecular flexibility index (Phi) is 6.15. The van der Waals surface area contributed by atoms with E-state index >= 15 is 0 Å². The van der Waals surface area contributed by atoms with Crippen LogP contribution in [0.15, 0.2) is 24.3 Å². The van der Waals surface area contributed by atoms with Crippen LogP contribution in [0.5, 0.6) is 5.75 Å². The Bertz CT molecular complexity index is 486. The second-order valence-corrected chi connectivity index (χ2v) is 7.22. The molecule has 1 aliphatic heterocycles. The third-order valence-corrected chi connectivity index (χ3v) is 5.37. The Morgan fingerprint density at radius 3 is 2.45 bits per heavy atom. The van der Waals surface area contributed by atoms with Gasteiger partial charge in [-0.25, -0.2) is 0 Å². The van der Waals surface area contributed by atoms with Crippen LogP contribution in [-0.4, -0.2) is 64.5 Å². The van der Waals surface area contributed by atoms with Gasteiger partial charge in [0.2, 0.25) is 5.91 Å². The first-order valence-electron chi connectivity index (χ1n) is 7.85.